The van der Waals surface area contributed by atoms with Crippen LogP contribution in [0.1, 0.15) is 23.7 Å². The summed E-state index contributed by atoms with van der Waals surface area (Å²) < 4.78 is 0. The number of nitrogens with one attached hydrogen (secondary N) is 1. The van der Waals surface area contributed by atoms with Gasteiger partial charge >= 0.3 is 5.97 Å². The van der Waals surface area contributed by atoms with E-state index in [1.165, 1.54) is 6.20 Å². The number of fused-ring (bicyclic) bond motifs is 1. The third-order valence-electron chi connectivity index (χ3n) is 2.56. The Morgan fingerprint density at radius 1 is 1.41 bits per heavy atom. The van der Waals surface area contributed by atoms with Gasteiger partial charge in [0.15, 0.2) is 0 Å². The van der Waals surface area contributed by atoms with Crippen molar-refractivity contribution in [3.05, 3.63) is 36.0 Å². The SMILES string of the molecule is CCCNc1c(C(=O)O)cnc2ccccc12. The number of hydrogen-bond acceptors (Lipinski definition) is 3. The van der Waals surface area contributed by atoms with Crippen LogP contribution in [0.3, 0.4) is 0 Å². The Morgan fingerprint density at radius 2 is 2.18 bits per heavy atom. The average molecular weight is 230 g/mol. The maximum Gasteiger partial charge on any atom is 0.339 e. The predicted molar refractivity (Wildman–Crippen MR) is 67.5 cm³/mol. The summed E-state index contributed by atoms with van der Waals surface area (Å²) in [6, 6.07) is 7.52. The van der Waals surface area contributed by atoms with E-state index in [4.69, 9.17) is 5.11 Å². The summed E-state index contributed by atoms with van der Waals surface area (Å²) >= 11 is 0. The molecule has 0 bridgehead atoms. The fourth-order valence-corrected chi connectivity index (χ4v) is 1.74. The molecule has 0 saturated heterocycles. The van der Waals surface area contributed by atoms with E-state index in [1.54, 1.807) is 0 Å². The predicted octanol–water partition coefficient (Wildman–Crippen LogP) is 2.75. The van der Waals surface area contributed by atoms with Crippen molar-refractivity contribution in [3.63, 3.8) is 0 Å². The number of pyridine rings is 1. The second kappa shape index (κ2) is 4.82. The van der Waals surface area contributed by atoms with Crippen LogP contribution in [0.4, 0.5) is 5.69 Å². The van der Waals surface area contributed by atoms with E-state index in [-0.39, 0.29) is 5.56 Å². The molecule has 2 aromatic rings. The molecule has 88 valence electrons. The Labute approximate surface area is 99.3 Å². The van der Waals surface area contributed by atoms with E-state index in [9.17, 15) is 4.79 Å². The average Bonchev–Trinajstić information content (AvgIpc) is 2.35. The summed E-state index contributed by atoms with van der Waals surface area (Å²) in [7, 11) is 0. The molecule has 0 aliphatic heterocycles. The molecule has 2 rings (SSSR count). The fraction of sp³-hybridized carbons (Fsp3) is 0.231. The summed E-state index contributed by atoms with van der Waals surface area (Å²) in [6.07, 6.45) is 2.35. The third-order valence-corrected chi connectivity index (χ3v) is 2.56. The van der Waals surface area contributed by atoms with Crippen molar-refractivity contribution in [1.82, 2.24) is 4.98 Å². The molecule has 4 nitrogen and oxygen atoms in total. The number of hydrogen-bond donors (Lipinski definition) is 2. The van der Waals surface area contributed by atoms with Crippen molar-refractivity contribution in [2.75, 3.05) is 11.9 Å². The second-order valence-electron chi connectivity index (χ2n) is 3.80. The Morgan fingerprint density at radius 3 is 2.88 bits per heavy atom. The number of nitrogens with zero attached hydrogens (tertiary/aromatic N) is 1. The highest BCUT2D eigenvalue weighted by Gasteiger charge is 2.13. The number of anilines is 1. The number of rotatable bonds is 4. The maximum absolute atomic E-state index is 11.1. The Balaban J connectivity index is 2.61. The third kappa shape index (κ3) is 2.20. The topological polar surface area (TPSA) is 62.2 Å². The standard InChI is InChI=1S/C13H14N2O2/c1-2-7-14-12-9-5-3-4-6-11(9)15-8-10(12)13(16)17/h3-6,8H,2,7H2,1H3,(H,14,15)(H,16,17). The first kappa shape index (κ1) is 11.4. The zero-order valence-electron chi connectivity index (χ0n) is 9.60. The minimum atomic E-state index is -0.957. The minimum absolute atomic E-state index is 0.220. The zero-order valence-corrected chi connectivity index (χ0v) is 9.60. The van der Waals surface area contributed by atoms with Crippen LogP contribution < -0.4 is 5.32 Å². The highest BCUT2D eigenvalue weighted by Crippen LogP contribution is 2.25. The molecule has 0 amide bonds. The number of carbonyl (C=O) groups is 1. The van der Waals surface area contributed by atoms with Crippen molar-refractivity contribution in [2.45, 2.75) is 13.3 Å². The van der Waals surface area contributed by atoms with Crippen LogP contribution in [-0.2, 0) is 0 Å². The van der Waals surface area contributed by atoms with Crippen LogP contribution in [-0.4, -0.2) is 22.6 Å². The van der Waals surface area contributed by atoms with Gasteiger partial charge < -0.3 is 10.4 Å². The highest BCUT2D eigenvalue weighted by molar-refractivity contribution is 6.04. The normalized spacial score (nSPS) is 10.4. The molecule has 2 N–H and O–H groups in total. The molecule has 1 aromatic heterocycles. The summed E-state index contributed by atoms with van der Waals surface area (Å²) in [5.74, 6) is -0.957. The van der Waals surface area contributed by atoms with E-state index < -0.39 is 5.97 Å². The molecule has 0 fully saturated rings. The Bertz CT molecular complexity index is 552. The molecule has 0 atom stereocenters. The minimum Gasteiger partial charge on any atom is -0.478 e. The Hall–Kier alpha value is -2.10. The lowest BCUT2D eigenvalue weighted by Crippen LogP contribution is -2.08. The van der Waals surface area contributed by atoms with Crippen molar-refractivity contribution >= 4 is 22.6 Å². The van der Waals surface area contributed by atoms with Crippen LogP contribution in [0.15, 0.2) is 30.5 Å². The van der Waals surface area contributed by atoms with Crippen LogP contribution in [0.2, 0.25) is 0 Å². The van der Waals surface area contributed by atoms with Gasteiger partial charge in [0.05, 0.1) is 11.2 Å². The molecular formula is C13H14N2O2. The van der Waals surface area contributed by atoms with Crippen molar-refractivity contribution < 1.29 is 9.90 Å². The van der Waals surface area contributed by atoms with Gasteiger partial charge in [0.1, 0.15) is 5.56 Å². The molecule has 0 unspecified atom stereocenters. The van der Waals surface area contributed by atoms with Gasteiger partial charge in [-0.1, -0.05) is 25.1 Å². The molecule has 1 aromatic carbocycles. The van der Waals surface area contributed by atoms with Gasteiger partial charge in [0.25, 0.3) is 0 Å². The smallest absolute Gasteiger partial charge is 0.339 e. The lowest BCUT2D eigenvalue weighted by atomic mass is 10.1. The van der Waals surface area contributed by atoms with Crippen LogP contribution >= 0.6 is 0 Å². The van der Waals surface area contributed by atoms with Gasteiger partial charge in [-0.05, 0) is 12.5 Å². The highest BCUT2D eigenvalue weighted by atomic mass is 16.4. The molecule has 0 spiro atoms. The molecule has 0 aliphatic rings. The molecule has 17 heavy (non-hydrogen) atoms. The molecule has 4 heteroatoms. The molecular weight excluding hydrogens is 216 g/mol. The lowest BCUT2D eigenvalue weighted by molar-refractivity contribution is 0.0697. The molecule has 0 saturated carbocycles. The van der Waals surface area contributed by atoms with E-state index in [0.717, 1.165) is 23.9 Å². The first-order valence-corrected chi connectivity index (χ1v) is 5.59. The molecule has 1 heterocycles. The molecule has 0 radical (unpaired) electrons. The summed E-state index contributed by atoms with van der Waals surface area (Å²) in [4.78, 5) is 15.3. The van der Waals surface area contributed by atoms with Crippen molar-refractivity contribution in [3.8, 4) is 0 Å². The lowest BCUT2D eigenvalue weighted by Gasteiger charge is -2.11. The summed E-state index contributed by atoms with van der Waals surface area (Å²) in [5, 5.41) is 13.2. The number of carboxylic acid groups (broad SMARTS) is 1. The van der Waals surface area contributed by atoms with Gasteiger partial charge in [0, 0.05) is 18.1 Å². The van der Waals surface area contributed by atoms with Gasteiger partial charge in [-0.3, -0.25) is 4.98 Å². The monoisotopic (exact) mass is 230 g/mol. The van der Waals surface area contributed by atoms with Crippen molar-refractivity contribution in [2.24, 2.45) is 0 Å². The Kier molecular flexibility index (Phi) is 3.23. The van der Waals surface area contributed by atoms with Gasteiger partial charge in [-0.2, -0.15) is 0 Å². The largest absolute Gasteiger partial charge is 0.478 e. The van der Waals surface area contributed by atoms with Crippen molar-refractivity contribution in [1.29, 1.82) is 0 Å². The quantitative estimate of drug-likeness (QED) is 0.847. The van der Waals surface area contributed by atoms with E-state index in [1.807, 2.05) is 31.2 Å². The zero-order chi connectivity index (χ0) is 12.3. The van der Waals surface area contributed by atoms with Gasteiger partial charge in [0.2, 0.25) is 0 Å². The number of benzene rings is 1. The maximum atomic E-state index is 11.1. The number of carboxylic acids is 1. The van der Waals surface area contributed by atoms with E-state index in [2.05, 4.69) is 10.3 Å². The van der Waals surface area contributed by atoms with Crippen LogP contribution in [0, 0.1) is 0 Å². The first-order valence-electron chi connectivity index (χ1n) is 5.59. The summed E-state index contributed by atoms with van der Waals surface area (Å²) in [6.45, 7) is 2.78. The first-order chi connectivity index (χ1) is 8.24. The number of aromatic nitrogens is 1. The summed E-state index contributed by atoms with van der Waals surface area (Å²) in [5.41, 5.74) is 1.68. The van der Waals surface area contributed by atoms with E-state index >= 15 is 0 Å². The van der Waals surface area contributed by atoms with Crippen LogP contribution in [0.5, 0.6) is 0 Å². The number of aromatic carboxylic acids is 1. The number of para-hydroxylation sites is 1. The van der Waals surface area contributed by atoms with Gasteiger partial charge in [-0.25, -0.2) is 4.79 Å². The second-order valence-corrected chi connectivity index (χ2v) is 3.80. The van der Waals surface area contributed by atoms with Gasteiger partial charge in [-0.15, -0.1) is 0 Å². The fourth-order valence-electron chi connectivity index (χ4n) is 1.74. The van der Waals surface area contributed by atoms with E-state index in [0.29, 0.717) is 5.69 Å². The van der Waals surface area contributed by atoms with Crippen LogP contribution in [0.25, 0.3) is 10.9 Å². The molecule has 0 aliphatic carbocycles.